The third-order valence-corrected chi connectivity index (χ3v) is 2.49. The number of carbonyl (C=O) groups is 2. The van der Waals surface area contributed by atoms with Crippen LogP contribution >= 0.6 is 11.8 Å². The molecule has 0 saturated heterocycles. The molecule has 0 saturated carbocycles. The van der Waals surface area contributed by atoms with Gasteiger partial charge in [0.25, 0.3) is 0 Å². The van der Waals surface area contributed by atoms with Gasteiger partial charge in [-0.25, -0.2) is 0 Å². The molecule has 0 bridgehead atoms. The molecule has 2 N–H and O–H groups in total. The predicted octanol–water partition coefficient (Wildman–Crippen LogP) is 0.887. The van der Waals surface area contributed by atoms with Crippen molar-refractivity contribution >= 4 is 23.6 Å². The molecule has 0 aliphatic carbocycles. The predicted molar refractivity (Wildman–Crippen MR) is 57.4 cm³/mol. The Morgan fingerprint density at radius 2 is 2.14 bits per heavy atom. The first-order valence-electron chi connectivity index (χ1n) is 4.28. The summed E-state index contributed by atoms with van der Waals surface area (Å²) in [5.41, 5.74) is 0.674. The summed E-state index contributed by atoms with van der Waals surface area (Å²) in [5, 5.41) is 11.0. The molecule has 0 rings (SSSR count). The van der Waals surface area contributed by atoms with Crippen LogP contribution in [0.15, 0.2) is 11.6 Å². The van der Waals surface area contributed by atoms with Crippen LogP contribution in [0.25, 0.3) is 0 Å². The van der Waals surface area contributed by atoms with E-state index in [1.165, 1.54) is 11.8 Å². The minimum Gasteiger partial charge on any atom is -0.481 e. The molecular weight excluding hydrogens is 202 g/mol. The number of aliphatic carboxylic acids is 1. The normalized spacial score (nSPS) is 11.1. The molecular formula is C9H15NO3S. The zero-order chi connectivity index (χ0) is 11.0. The van der Waals surface area contributed by atoms with Crippen molar-refractivity contribution in [2.24, 2.45) is 0 Å². The highest BCUT2D eigenvalue weighted by Gasteiger charge is 2.01. The van der Waals surface area contributed by atoms with Crippen LogP contribution in [0, 0.1) is 0 Å². The third kappa shape index (κ3) is 6.54. The fourth-order valence-electron chi connectivity index (χ4n) is 0.667. The molecule has 0 atom stereocenters. The molecule has 0 aromatic rings. The monoisotopic (exact) mass is 217 g/mol. The third-order valence-electron chi connectivity index (χ3n) is 1.55. The fourth-order valence-corrected chi connectivity index (χ4v) is 1.23. The molecule has 4 nitrogen and oxygen atoms in total. The molecule has 0 aromatic carbocycles. The molecule has 80 valence electrons. The second-order valence-corrected chi connectivity index (χ2v) is 3.78. The summed E-state index contributed by atoms with van der Waals surface area (Å²) in [6.07, 6.45) is 1.74. The van der Waals surface area contributed by atoms with E-state index in [1.807, 2.05) is 0 Å². The number of allylic oxidation sites excluding steroid dienone is 1. The molecule has 0 aromatic heterocycles. The highest BCUT2D eigenvalue weighted by atomic mass is 32.2. The van der Waals surface area contributed by atoms with Gasteiger partial charge < -0.3 is 10.4 Å². The molecule has 5 heteroatoms. The Kier molecular flexibility index (Phi) is 6.92. The standard InChI is InChI=1S/C9H15NO3S/c1-3-7(2)9(13)10-4-5-14-6-8(11)12/h3H,4-6H2,1-2H3,(H,10,13)(H,11,12)/b7-3-. The van der Waals surface area contributed by atoms with Crippen molar-refractivity contribution < 1.29 is 14.7 Å². The van der Waals surface area contributed by atoms with E-state index in [9.17, 15) is 9.59 Å². The molecule has 0 aliphatic heterocycles. The molecule has 14 heavy (non-hydrogen) atoms. The van der Waals surface area contributed by atoms with Crippen LogP contribution in [0.5, 0.6) is 0 Å². The Bertz CT molecular complexity index is 238. The molecule has 1 amide bonds. The van der Waals surface area contributed by atoms with E-state index in [-0.39, 0.29) is 11.7 Å². The van der Waals surface area contributed by atoms with Crippen molar-refractivity contribution in [1.82, 2.24) is 5.32 Å². The first-order chi connectivity index (χ1) is 6.57. The van der Waals surface area contributed by atoms with Gasteiger partial charge in [-0.15, -0.1) is 11.8 Å². The number of rotatable bonds is 6. The van der Waals surface area contributed by atoms with Crippen LogP contribution in [0.2, 0.25) is 0 Å². The van der Waals surface area contributed by atoms with Gasteiger partial charge >= 0.3 is 5.97 Å². The summed E-state index contributed by atoms with van der Waals surface area (Å²) in [4.78, 5) is 21.3. The molecule has 0 radical (unpaired) electrons. The van der Waals surface area contributed by atoms with Crippen molar-refractivity contribution in [3.63, 3.8) is 0 Å². The van der Waals surface area contributed by atoms with E-state index in [0.29, 0.717) is 17.9 Å². The minimum atomic E-state index is -0.828. The van der Waals surface area contributed by atoms with Gasteiger partial charge in [0.1, 0.15) is 0 Å². The van der Waals surface area contributed by atoms with E-state index in [4.69, 9.17) is 5.11 Å². The van der Waals surface area contributed by atoms with E-state index >= 15 is 0 Å². The Morgan fingerprint density at radius 1 is 1.50 bits per heavy atom. The second kappa shape index (κ2) is 7.44. The maximum atomic E-state index is 11.2. The van der Waals surface area contributed by atoms with Gasteiger partial charge in [-0.2, -0.15) is 0 Å². The summed E-state index contributed by atoms with van der Waals surface area (Å²) >= 11 is 1.29. The number of carboxylic acids is 1. The number of amides is 1. The van der Waals surface area contributed by atoms with Gasteiger partial charge in [-0.3, -0.25) is 9.59 Å². The molecule has 0 aliphatic rings. The van der Waals surface area contributed by atoms with E-state index < -0.39 is 5.97 Å². The lowest BCUT2D eigenvalue weighted by Crippen LogP contribution is -2.26. The number of thioether (sulfide) groups is 1. The van der Waals surface area contributed by atoms with Gasteiger partial charge in [0.2, 0.25) is 5.91 Å². The van der Waals surface area contributed by atoms with Crippen molar-refractivity contribution in [3.05, 3.63) is 11.6 Å². The first-order valence-corrected chi connectivity index (χ1v) is 5.44. The Balaban J connectivity index is 3.46. The largest absolute Gasteiger partial charge is 0.481 e. The summed E-state index contributed by atoms with van der Waals surface area (Å²) < 4.78 is 0. The van der Waals surface area contributed by atoms with Gasteiger partial charge in [-0.05, 0) is 13.8 Å². The Hall–Kier alpha value is -0.970. The summed E-state index contributed by atoms with van der Waals surface area (Å²) in [6, 6.07) is 0. The number of nitrogens with one attached hydrogen (secondary N) is 1. The highest BCUT2D eigenvalue weighted by Crippen LogP contribution is 1.97. The lowest BCUT2D eigenvalue weighted by Gasteiger charge is -2.03. The van der Waals surface area contributed by atoms with Crippen LogP contribution in [-0.4, -0.2) is 35.0 Å². The topological polar surface area (TPSA) is 66.4 Å². The van der Waals surface area contributed by atoms with Crippen molar-refractivity contribution in [1.29, 1.82) is 0 Å². The number of hydrogen-bond acceptors (Lipinski definition) is 3. The lowest BCUT2D eigenvalue weighted by molar-refractivity contribution is -0.133. The summed E-state index contributed by atoms with van der Waals surface area (Å²) in [6.45, 7) is 4.04. The fraction of sp³-hybridized carbons (Fsp3) is 0.556. The average Bonchev–Trinajstić information content (AvgIpc) is 2.15. The van der Waals surface area contributed by atoms with Gasteiger partial charge in [-0.1, -0.05) is 6.08 Å². The van der Waals surface area contributed by atoms with E-state index in [0.717, 1.165) is 0 Å². The average molecular weight is 217 g/mol. The van der Waals surface area contributed by atoms with Crippen molar-refractivity contribution in [3.8, 4) is 0 Å². The smallest absolute Gasteiger partial charge is 0.313 e. The zero-order valence-corrected chi connectivity index (χ0v) is 9.19. The van der Waals surface area contributed by atoms with Crippen LogP contribution < -0.4 is 5.32 Å². The van der Waals surface area contributed by atoms with Crippen LogP contribution in [0.1, 0.15) is 13.8 Å². The van der Waals surface area contributed by atoms with Crippen molar-refractivity contribution in [2.75, 3.05) is 18.1 Å². The van der Waals surface area contributed by atoms with E-state index in [2.05, 4.69) is 5.32 Å². The van der Waals surface area contributed by atoms with Gasteiger partial charge in [0.15, 0.2) is 0 Å². The number of carbonyl (C=O) groups excluding carboxylic acids is 1. The highest BCUT2D eigenvalue weighted by molar-refractivity contribution is 7.99. The molecule has 0 spiro atoms. The van der Waals surface area contributed by atoms with Crippen LogP contribution in [-0.2, 0) is 9.59 Å². The second-order valence-electron chi connectivity index (χ2n) is 2.67. The minimum absolute atomic E-state index is 0.0818. The Labute approximate surface area is 87.8 Å². The van der Waals surface area contributed by atoms with Gasteiger partial charge in [0.05, 0.1) is 5.75 Å². The maximum Gasteiger partial charge on any atom is 0.313 e. The number of hydrogen-bond donors (Lipinski definition) is 2. The van der Waals surface area contributed by atoms with Gasteiger partial charge in [0, 0.05) is 17.9 Å². The van der Waals surface area contributed by atoms with Crippen LogP contribution in [0.3, 0.4) is 0 Å². The zero-order valence-electron chi connectivity index (χ0n) is 8.37. The molecule has 0 unspecified atom stereocenters. The number of carboxylic acid groups (broad SMARTS) is 1. The quantitative estimate of drug-likeness (QED) is 0.512. The SMILES string of the molecule is C/C=C(/C)C(=O)NCCSCC(=O)O. The molecule has 0 heterocycles. The lowest BCUT2D eigenvalue weighted by atomic mass is 10.3. The maximum absolute atomic E-state index is 11.2. The first kappa shape index (κ1) is 13.0. The van der Waals surface area contributed by atoms with E-state index in [1.54, 1.807) is 19.9 Å². The molecule has 0 fully saturated rings. The summed E-state index contributed by atoms with van der Waals surface area (Å²) in [5.74, 6) is -0.220. The van der Waals surface area contributed by atoms with Crippen molar-refractivity contribution in [2.45, 2.75) is 13.8 Å². The Morgan fingerprint density at radius 3 is 2.64 bits per heavy atom. The van der Waals surface area contributed by atoms with Crippen LogP contribution in [0.4, 0.5) is 0 Å². The summed E-state index contributed by atoms with van der Waals surface area (Å²) in [7, 11) is 0.